The predicted octanol–water partition coefficient (Wildman–Crippen LogP) is 3.90. The Bertz CT molecular complexity index is 634. The molecule has 0 amide bonds. The molecule has 1 N–H and O–H groups in total. The van der Waals surface area contributed by atoms with Gasteiger partial charge in [-0.05, 0) is 45.8 Å². The fourth-order valence-corrected chi connectivity index (χ4v) is 2.28. The average molecular weight is 356 g/mol. The maximum atomic E-state index is 11.7. The zero-order valence-corrected chi connectivity index (χ0v) is 13.0. The highest BCUT2D eigenvalue weighted by molar-refractivity contribution is 9.10. The van der Waals surface area contributed by atoms with Crippen LogP contribution in [0.2, 0.25) is 5.02 Å². The summed E-state index contributed by atoms with van der Waals surface area (Å²) < 4.78 is 5.65. The zero-order chi connectivity index (χ0) is 14.5. The topological polar surface area (TPSA) is 51.2 Å². The van der Waals surface area contributed by atoms with Gasteiger partial charge in [0.15, 0.2) is 0 Å². The molecular weight excluding hydrogens is 344 g/mol. The number of rotatable bonds is 4. The van der Waals surface area contributed by atoms with E-state index < -0.39 is 5.97 Å². The predicted molar refractivity (Wildman–Crippen MR) is 82.1 cm³/mol. The standard InChI is InChI=1S/C14H12BrClN2O2/c1-20-14(19)12-3-2-11(16)5-13(12)18-7-9-4-10(15)8-17-6-9/h2-6,8,18H,7H2,1H3. The molecule has 104 valence electrons. The number of pyridine rings is 1. The van der Waals surface area contributed by atoms with Gasteiger partial charge < -0.3 is 10.1 Å². The molecule has 2 aromatic rings. The molecule has 20 heavy (non-hydrogen) atoms. The lowest BCUT2D eigenvalue weighted by atomic mass is 10.1. The Balaban J connectivity index is 2.20. The molecule has 0 bridgehead atoms. The van der Waals surface area contributed by atoms with Crippen molar-refractivity contribution in [3.8, 4) is 0 Å². The second-order valence-electron chi connectivity index (χ2n) is 4.05. The lowest BCUT2D eigenvalue weighted by molar-refractivity contribution is 0.0602. The van der Waals surface area contributed by atoms with Crippen LogP contribution in [-0.2, 0) is 11.3 Å². The Kier molecular flexibility index (Phi) is 4.98. The first-order valence-electron chi connectivity index (χ1n) is 5.81. The monoisotopic (exact) mass is 354 g/mol. The Morgan fingerprint density at radius 1 is 1.40 bits per heavy atom. The second-order valence-corrected chi connectivity index (χ2v) is 5.40. The number of carbonyl (C=O) groups is 1. The first-order valence-corrected chi connectivity index (χ1v) is 6.98. The summed E-state index contributed by atoms with van der Waals surface area (Å²) in [6.45, 7) is 0.525. The minimum Gasteiger partial charge on any atom is -0.465 e. The van der Waals surface area contributed by atoms with Crippen molar-refractivity contribution in [1.29, 1.82) is 0 Å². The number of aromatic nitrogens is 1. The maximum Gasteiger partial charge on any atom is 0.339 e. The third kappa shape index (κ3) is 3.71. The van der Waals surface area contributed by atoms with E-state index in [-0.39, 0.29) is 0 Å². The van der Waals surface area contributed by atoms with Gasteiger partial charge >= 0.3 is 5.97 Å². The molecule has 0 aliphatic carbocycles. The van der Waals surface area contributed by atoms with E-state index in [1.807, 2.05) is 6.07 Å². The highest BCUT2D eigenvalue weighted by Crippen LogP contribution is 2.22. The van der Waals surface area contributed by atoms with Crippen LogP contribution < -0.4 is 5.32 Å². The van der Waals surface area contributed by atoms with Gasteiger partial charge in [0.1, 0.15) is 0 Å². The molecule has 0 unspecified atom stereocenters. The summed E-state index contributed by atoms with van der Waals surface area (Å²) >= 11 is 9.32. The minimum absolute atomic E-state index is 0.406. The Hall–Kier alpha value is -1.59. The molecule has 0 spiro atoms. The third-order valence-electron chi connectivity index (χ3n) is 2.63. The molecule has 0 fully saturated rings. The smallest absolute Gasteiger partial charge is 0.339 e. The van der Waals surface area contributed by atoms with E-state index in [0.717, 1.165) is 10.0 Å². The lowest BCUT2D eigenvalue weighted by Gasteiger charge is -2.11. The number of ether oxygens (including phenoxy) is 1. The number of esters is 1. The normalized spacial score (nSPS) is 10.2. The zero-order valence-electron chi connectivity index (χ0n) is 10.7. The molecular formula is C14H12BrClN2O2. The van der Waals surface area contributed by atoms with Gasteiger partial charge in [0.25, 0.3) is 0 Å². The summed E-state index contributed by atoms with van der Waals surface area (Å²) in [5.41, 5.74) is 2.05. The number of hydrogen-bond acceptors (Lipinski definition) is 4. The Labute approximate surface area is 130 Å². The highest BCUT2D eigenvalue weighted by Gasteiger charge is 2.12. The van der Waals surface area contributed by atoms with Crippen LogP contribution in [0.3, 0.4) is 0 Å². The third-order valence-corrected chi connectivity index (χ3v) is 3.30. The van der Waals surface area contributed by atoms with Crippen molar-refractivity contribution >= 4 is 39.2 Å². The van der Waals surface area contributed by atoms with E-state index in [1.54, 1.807) is 30.6 Å². The molecule has 6 heteroatoms. The summed E-state index contributed by atoms with van der Waals surface area (Å²) in [6.07, 6.45) is 3.46. The van der Waals surface area contributed by atoms with Crippen molar-refractivity contribution in [3.05, 3.63) is 57.3 Å². The van der Waals surface area contributed by atoms with Crippen LogP contribution in [0.5, 0.6) is 0 Å². The molecule has 0 saturated carbocycles. The van der Waals surface area contributed by atoms with E-state index in [0.29, 0.717) is 22.8 Å². The van der Waals surface area contributed by atoms with Gasteiger partial charge in [0, 0.05) is 28.4 Å². The maximum absolute atomic E-state index is 11.7. The molecule has 0 saturated heterocycles. The molecule has 2 rings (SSSR count). The average Bonchev–Trinajstić information content (AvgIpc) is 2.44. The van der Waals surface area contributed by atoms with Crippen LogP contribution in [0.4, 0.5) is 5.69 Å². The minimum atomic E-state index is -0.406. The number of nitrogens with one attached hydrogen (secondary N) is 1. The number of nitrogens with zero attached hydrogens (tertiary/aromatic N) is 1. The fourth-order valence-electron chi connectivity index (χ4n) is 1.70. The largest absolute Gasteiger partial charge is 0.465 e. The van der Waals surface area contributed by atoms with Crippen LogP contribution >= 0.6 is 27.5 Å². The number of hydrogen-bond donors (Lipinski definition) is 1. The van der Waals surface area contributed by atoms with E-state index in [4.69, 9.17) is 16.3 Å². The first-order chi connectivity index (χ1) is 9.60. The van der Waals surface area contributed by atoms with Gasteiger partial charge in [-0.1, -0.05) is 11.6 Å². The van der Waals surface area contributed by atoms with E-state index in [1.165, 1.54) is 7.11 Å². The number of benzene rings is 1. The molecule has 0 atom stereocenters. The number of carbonyl (C=O) groups excluding carboxylic acids is 1. The van der Waals surface area contributed by atoms with Crippen molar-refractivity contribution < 1.29 is 9.53 Å². The van der Waals surface area contributed by atoms with Crippen molar-refractivity contribution in [1.82, 2.24) is 4.98 Å². The summed E-state index contributed by atoms with van der Waals surface area (Å²) in [7, 11) is 1.35. The SMILES string of the molecule is COC(=O)c1ccc(Cl)cc1NCc1cncc(Br)c1. The van der Waals surface area contributed by atoms with E-state index >= 15 is 0 Å². The van der Waals surface area contributed by atoms with Crippen molar-refractivity contribution in [2.24, 2.45) is 0 Å². The van der Waals surface area contributed by atoms with Crippen LogP contribution in [-0.4, -0.2) is 18.1 Å². The summed E-state index contributed by atoms with van der Waals surface area (Å²) in [5.74, 6) is -0.406. The van der Waals surface area contributed by atoms with Gasteiger partial charge in [-0.15, -0.1) is 0 Å². The van der Waals surface area contributed by atoms with Gasteiger partial charge in [0.2, 0.25) is 0 Å². The highest BCUT2D eigenvalue weighted by atomic mass is 79.9. The van der Waals surface area contributed by atoms with Gasteiger partial charge in [-0.2, -0.15) is 0 Å². The van der Waals surface area contributed by atoms with Gasteiger partial charge in [0.05, 0.1) is 18.4 Å². The van der Waals surface area contributed by atoms with Crippen LogP contribution in [0.1, 0.15) is 15.9 Å². The van der Waals surface area contributed by atoms with Crippen LogP contribution in [0.15, 0.2) is 41.1 Å². The lowest BCUT2D eigenvalue weighted by Crippen LogP contribution is -2.08. The summed E-state index contributed by atoms with van der Waals surface area (Å²) in [6, 6.07) is 6.93. The fraction of sp³-hybridized carbons (Fsp3) is 0.143. The summed E-state index contributed by atoms with van der Waals surface area (Å²) in [4.78, 5) is 15.8. The van der Waals surface area contributed by atoms with Crippen molar-refractivity contribution in [3.63, 3.8) is 0 Å². The van der Waals surface area contributed by atoms with E-state index in [9.17, 15) is 4.79 Å². The van der Waals surface area contributed by atoms with Crippen LogP contribution in [0.25, 0.3) is 0 Å². The first kappa shape index (κ1) is 14.8. The van der Waals surface area contributed by atoms with Crippen molar-refractivity contribution in [2.75, 3.05) is 12.4 Å². The Morgan fingerprint density at radius 2 is 2.20 bits per heavy atom. The molecule has 1 aromatic carbocycles. The molecule has 4 nitrogen and oxygen atoms in total. The molecule has 0 aliphatic heterocycles. The molecule has 0 radical (unpaired) electrons. The quantitative estimate of drug-likeness (QED) is 0.845. The Morgan fingerprint density at radius 3 is 2.90 bits per heavy atom. The second kappa shape index (κ2) is 6.72. The van der Waals surface area contributed by atoms with Gasteiger partial charge in [-0.25, -0.2) is 4.79 Å². The van der Waals surface area contributed by atoms with E-state index in [2.05, 4.69) is 26.2 Å². The van der Waals surface area contributed by atoms with Crippen LogP contribution in [0, 0.1) is 0 Å². The number of halogens is 2. The van der Waals surface area contributed by atoms with Crippen molar-refractivity contribution in [2.45, 2.75) is 6.54 Å². The number of anilines is 1. The van der Waals surface area contributed by atoms with Gasteiger partial charge in [-0.3, -0.25) is 4.98 Å². The molecule has 1 aromatic heterocycles. The molecule has 0 aliphatic rings. The summed E-state index contributed by atoms with van der Waals surface area (Å²) in [5, 5.41) is 3.72. The molecule has 1 heterocycles. The number of methoxy groups -OCH3 is 1.